The Morgan fingerprint density at radius 1 is 0.842 bits per heavy atom. The summed E-state index contributed by atoms with van der Waals surface area (Å²) in [5.74, 6) is 0. The summed E-state index contributed by atoms with van der Waals surface area (Å²) >= 11 is 0. The first-order chi connectivity index (χ1) is 9.33. The summed E-state index contributed by atoms with van der Waals surface area (Å²) in [7, 11) is 0. The SMILES string of the molecule is Nc1ccc(/N=N/c2ccnc3ccccc23)cc1. The highest BCUT2D eigenvalue weighted by atomic mass is 15.1. The Hall–Kier alpha value is -2.75. The van der Waals surface area contributed by atoms with Crippen LogP contribution in [-0.2, 0) is 0 Å². The molecule has 2 N–H and O–H groups in total. The highest BCUT2D eigenvalue weighted by molar-refractivity contribution is 5.89. The van der Waals surface area contributed by atoms with Gasteiger partial charge in [0.25, 0.3) is 0 Å². The van der Waals surface area contributed by atoms with Gasteiger partial charge in [-0.05, 0) is 36.4 Å². The lowest BCUT2D eigenvalue weighted by Gasteiger charge is -1.99. The van der Waals surface area contributed by atoms with Crippen LogP contribution in [0.4, 0.5) is 17.1 Å². The standard InChI is InChI=1S/C15H12N4/c16-11-5-7-12(8-6-11)18-19-15-9-10-17-14-4-2-1-3-13(14)15/h1-10H,16H2/b19-18+. The summed E-state index contributed by atoms with van der Waals surface area (Å²) in [4.78, 5) is 4.29. The van der Waals surface area contributed by atoms with E-state index in [0.717, 1.165) is 22.3 Å². The number of nitrogen functional groups attached to an aromatic ring is 1. The van der Waals surface area contributed by atoms with Crippen LogP contribution in [0.1, 0.15) is 0 Å². The van der Waals surface area contributed by atoms with Crippen LogP contribution in [0, 0.1) is 0 Å². The third-order valence-corrected chi connectivity index (χ3v) is 2.79. The molecular weight excluding hydrogens is 236 g/mol. The summed E-state index contributed by atoms with van der Waals surface area (Å²) in [6.45, 7) is 0. The summed E-state index contributed by atoms with van der Waals surface area (Å²) in [5.41, 5.74) is 8.84. The minimum atomic E-state index is 0.716. The van der Waals surface area contributed by atoms with Crippen molar-refractivity contribution in [3.05, 3.63) is 60.8 Å². The summed E-state index contributed by atoms with van der Waals surface area (Å²) in [5, 5.41) is 9.48. The van der Waals surface area contributed by atoms with E-state index in [9.17, 15) is 0 Å². The highest BCUT2D eigenvalue weighted by Gasteiger charge is 1.99. The molecule has 3 aromatic rings. The first-order valence-corrected chi connectivity index (χ1v) is 5.94. The number of fused-ring (bicyclic) bond motifs is 1. The summed E-state index contributed by atoms with van der Waals surface area (Å²) < 4.78 is 0. The monoisotopic (exact) mass is 248 g/mol. The number of anilines is 1. The maximum Gasteiger partial charge on any atom is 0.0966 e. The van der Waals surface area contributed by atoms with E-state index < -0.39 is 0 Å². The van der Waals surface area contributed by atoms with Crippen molar-refractivity contribution in [1.29, 1.82) is 0 Å². The van der Waals surface area contributed by atoms with Gasteiger partial charge in [-0.1, -0.05) is 18.2 Å². The maximum atomic E-state index is 5.63. The van der Waals surface area contributed by atoms with E-state index in [2.05, 4.69) is 15.2 Å². The average molecular weight is 248 g/mol. The molecule has 0 aliphatic heterocycles. The zero-order chi connectivity index (χ0) is 13.1. The predicted octanol–water partition coefficient (Wildman–Crippen LogP) is 4.23. The van der Waals surface area contributed by atoms with Crippen molar-refractivity contribution in [3.8, 4) is 0 Å². The fourth-order valence-electron chi connectivity index (χ4n) is 1.82. The van der Waals surface area contributed by atoms with Crippen molar-refractivity contribution in [2.75, 3.05) is 5.73 Å². The Bertz CT molecular complexity index is 727. The Labute approximate surface area is 110 Å². The number of pyridine rings is 1. The minimum Gasteiger partial charge on any atom is -0.399 e. The van der Waals surface area contributed by atoms with Gasteiger partial charge < -0.3 is 5.73 Å². The van der Waals surface area contributed by atoms with E-state index in [0.29, 0.717) is 5.69 Å². The van der Waals surface area contributed by atoms with Crippen molar-refractivity contribution in [1.82, 2.24) is 4.98 Å². The lowest BCUT2D eigenvalue weighted by molar-refractivity contribution is 1.23. The molecule has 0 unspecified atom stereocenters. The molecule has 4 heteroatoms. The molecule has 0 fully saturated rings. The van der Waals surface area contributed by atoms with Crippen LogP contribution < -0.4 is 5.73 Å². The first-order valence-electron chi connectivity index (χ1n) is 5.94. The fourth-order valence-corrected chi connectivity index (χ4v) is 1.82. The van der Waals surface area contributed by atoms with Crippen molar-refractivity contribution in [2.45, 2.75) is 0 Å². The number of hydrogen-bond donors (Lipinski definition) is 1. The van der Waals surface area contributed by atoms with E-state index in [4.69, 9.17) is 5.73 Å². The second kappa shape index (κ2) is 4.86. The van der Waals surface area contributed by atoms with E-state index in [1.807, 2.05) is 42.5 Å². The van der Waals surface area contributed by atoms with Crippen molar-refractivity contribution < 1.29 is 0 Å². The van der Waals surface area contributed by atoms with Gasteiger partial charge in [-0.3, -0.25) is 4.98 Å². The second-order valence-electron chi connectivity index (χ2n) is 4.14. The quantitative estimate of drug-likeness (QED) is 0.544. The van der Waals surface area contributed by atoms with Gasteiger partial charge >= 0.3 is 0 Å². The molecule has 0 saturated heterocycles. The molecule has 3 rings (SSSR count). The van der Waals surface area contributed by atoms with E-state index >= 15 is 0 Å². The number of hydrogen-bond acceptors (Lipinski definition) is 4. The molecule has 0 amide bonds. The van der Waals surface area contributed by atoms with Gasteiger partial charge in [-0.25, -0.2) is 0 Å². The number of azo groups is 1. The van der Waals surface area contributed by atoms with Crippen molar-refractivity contribution in [2.24, 2.45) is 10.2 Å². The van der Waals surface area contributed by atoms with Gasteiger partial charge in [-0.15, -0.1) is 5.11 Å². The van der Waals surface area contributed by atoms with Crippen LogP contribution in [-0.4, -0.2) is 4.98 Å². The lowest BCUT2D eigenvalue weighted by Crippen LogP contribution is -1.80. The second-order valence-corrected chi connectivity index (χ2v) is 4.14. The smallest absolute Gasteiger partial charge is 0.0966 e. The Kier molecular flexibility index (Phi) is 2.90. The van der Waals surface area contributed by atoms with Crippen LogP contribution in [0.15, 0.2) is 71.0 Å². The van der Waals surface area contributed by atoms with Crippen molar-refractivity contribution in [3.63, 3.8) is 0 Å². The molecule has 0 saturated carbocycles. The van der Waals surface area contributed by atoms with Crippen LogP contribution in [0.5, 0.6) is 0 Å². The first kappa shape index (κ1) is 11.3. The third kappa shape index (κ3) is 2.42. The number of para-hydroxylation sites is 1. The van der Waals surface area contributed by atoms with E-state index in [1.54, 1.807) is 18.3 Å². The highest BCUT2D eigenvalue weighted by Crippen LogP contribution is 2.26. The number of nitrogens with zero attached hydrogens (tertiary/aromatic N) is 3. The van der Waals surface area contributed by atoms with E-state index in [1.165, 1.54) is 0 Å². The summed E-state index contributed by atoms with van der Waals surface area (Å²) in [6.07, 6.45) is 1.74. The zero-order valence-corrected chi connectivity index (χ0v) is 10.2. The molecule has 0 bridgehead atoms. The number of benzene rings is 2. The average Bonchev–Trinajstić information content (AvgIpc) is 2.47. The lowest BCUT2D eigenvalue weighted by atomic mass is 10.2. The molecule has 0 spiro atoms. The van der Waals surface area contributed by atoms with Crippen LogP contribution in [0.25, 0.3) is 10.9 Å². The van der Waals surface area contributed by atoms with Crippen LogP contribution in [0.2, 0.25) is 0 Å². The van der Waals surface area contributed by atoms with Crippen LogP contribution in [0.3, 0.4) is 0 Å². The zero-order valence-electron chi connectivity index (χ0n) is 10.2. The van der Waals surface area contributed by atoms with E-state index in [-0.39, 0.29) is 0 Å². The fraction of sp³-hybridized carbons (Fsp3) is 0. The molecule has 1 heterocycles. The predicted molar refractivity (Wildman–Crippen MR) is 76.8 cm³/mol. The molecule has 92 valence electrons. The molecule has 0 aliphatic rings. The molecule has 2 aromatic carbocycles. The van der Waals surface area contributed by atoms with Gasteiger partial charge in [0.1, 0.15) is 0 Å². The maximum absolute atomic E-state index is 5.63. The third-order valence-electron chi connectivity index (χ3n) is 2.79. The normalized spacial score (nSPS) is 11.2. The van der Waals surface area contributed by atoms with Gasteiger partial charge in [-0.2, -0.15) is 5.11 Å². The van der Waals surface area contributed by atoms with Crippen LogP contribution >= 0.6 is 0 Å². The molecule has 0 atom stereocenters. The number of aromatic nitrogens is 1. The number of rotatable bonds is 2. The van der Waals surface area contributed by atoms with Gasteiger partial charge in [0.15, 0.2) is 0 Å². The molecule has 1 aromatic heterocycles. The summed E-state index contributed by atoms with van der Waals surface area (Å²) in [6, 6.07) is 17.0. The van der Waals surface area contributed by atoms with Gasteiger partial charge in [0, 0.05) is 17.3 Å². The minimum absolute atomic E-state index is 0.716. The molecular formula is C15H12N4. The van der Waals surface area contributed by atoms with Crippen molar-refractivity contribution >= 4 is 28.0 Å². The van der Waals surface area contributed by atoms with Gasteiger partial charge in [0.05, 0.1) is 16.9 Å². The van der Waals surface area contributed by atoms with Gasteiger partial charge in [0.2, 0.25) is 0 Å². The Morgan fingerprint density at radius 2 is 1.63 bits per heavy atom. The molecule has 0 aliphatic carbocycles. The molecule has 0 radical (unpaired) electrons. The Morgan fingerprint density at radius 3 is 2.47 bits per heavy atom. The largest absolute Gasteiger partial charge is 0.399 e. The molecule has 19 heavy (non-hydrogen) atoms. The Balaban J connectivity index is 1.99. The number of nitrogens with two attached hydrogens (primary N) is 1. The topological polar surface area (TPSA) is 63.6 Å². The molecule has 4 nitrogen and oxygen atoms in total.